The number of hydrogen-bond acceptors (Lipinski definition) is 7. The summed E-state index contributed by atoms with van der Waals surface area (Å²) in [5.74, 6) is 0.278. The van der Waals surface area contributed by atoms with Crippen LogP contribution in [0.5, 0.6) is 0 Å². The molecule has 0 saturated heterocycles. The Balaban J connectivity index is 5.13. The molecule has 146 valence electrons. The number of alkyl carbamates (subject to hydrolysis) is 1. The summed E-state index contributed by atoms with van der Waals surface area (Å²) in [6.07, 6.45) is 4.08. The number of amides is 2. The Bertz CT molecular complexity index is 560. The molecule has 9 heteroatoms. The molecule has 0 aliphatic rings. The van der Waals surface area contributed by atoms with E-state index in [1.54, 1.807) is 20.8 Å². The average molecular weight is 370 g/mol. The van der Waals surface area contributed by atoms with Crippen LogP contribution in [0, 0.1) is 12.3 Å². The molecule has 0 spiro atoms. The summed E-state index contributed by atoms with van der Waals surface area (Å²) < 4.78 is 14.2. The zero-order valence-corrected chi connectivity index (χ0v) is 15.7. The summed E-state index contributed by atoms with van der Waals surface area (Å²) in [7, 11) is 2.37. The second-order valence-electron chi connectivity index (χ2n) is 6.31. The second kappa shape index (κ2) is 11.0. The predicted octanol–water partition coefficient (Wildman–Crippen LogP) is 0.514. The monoisotopic (exact) mass is 370 g/mol. The molecule has 9 nitrogen and oxygen atoms in total. The molecule has 0 saturated carbocycles. The molecule has 0 unspecified atom stereocenters. The Labute approximate surface area is 153 Å². The van der Waals surface area contributed by atoms with Gasteiger partial charge in [-0.1, -0.05) is 0 Å². The SMILES string of the molecule is C#CC[C@H](NC(=O)[C@H](CCC(=O)OC)NC(=O)OC(C)(C)C)C(=O)OC. The van der Waals surface area contributed by atoms with E-state index in [0.717, 1.165) is 7.11 Å². The van der Waals surface area contributed by atoms with Gasteiger partial charge in [-0.05, 0) is 27.2 Å². The number of ether oxygens (including phenoxy) is 3. The minimum Gasteiger partial charge on any atom is -0.469 e. The molecule has 0 rings (SSSR count). The third-order valence-electron chi connectivity index (χ3n) is 3.00. The van der Waals surface area contributed by atoms with Gasteiger partial charge < -0.3 is 24.8 Å². The lowest BCUT2D eigenvalue weighted by molar-refractivity contribution is -0.145. The predicted molar refractivity (Wildman–Crippen MR) is 91.8 cm³/mol. The van der Waals surface area contributed by atoms with Gasteiger partial charge in [-0.25, -0.2) is 9.59 Å². The lowest BCUT2D eigenvalue weighted by Gasteiger charge is -2.24. The van der Waals surface area contributed by atoms with Crippen molar-refractivity contribution in [1.82, 2.24) is 10.6 Å². The van der Waals surface area contributed by atoms with E-state index in [4.69, 9.17) is 11.2 Å². The van der Waals surface area contributed by atoms with Crippen molar-refractivity contribution in [2.24, 2.45) is 0 Å². The van der Waals surface area contributed by atoms with E-state index in [1.165, 1.54) is 7.11 Å². The first kappa shape index (κ1) is 23.2. The molecule has 0 aliphatic heterocycles. The topological polar surface area (TPSA) is 120 Å². The van der Waals surface area contributed by atoms with Gasteiger partial charge in [0.25, 0.3) is 0 Å². The molecule has 0 aliphatic carbocycles. The molecule has 0 heterocycles. The Morgan fingerprint density at radius 2 is 1.65 bits per heavy atom. The van der Waals surface area contributed by atoms with Gasteiger partial charge in [-0.2, -0.15) is 0 Å². The molecular formula is C17H26N2O7. The average Bonchev–Trinajstić information content (AvgIpc) is 2.55. The first-order valence-electron chi connectivity index (χ1n) is 7.92. The normalized spacial score (nSPS) is 12.8. The van der Waals surface area contributed by atoms with Gasteiger partial charge >= 0.3 is 18.0 Å². The molecule has 2 N–H and O–H groups in total. The van der Waals surface area contributed by atoms with Crippen LogP contribution in [0.4, 0.5) is 4.79 Å². The van der Waals surface area contributed by atoms with E-state index in [1.807, 2.05) is 0 Å². The fraction of sp³-hybridized carbons (Fsp3) is 0.647. The number of hydrogen-bond donors (Lipinski definition) is 2. The van der Waals surface area contributed by atoms with Gasteiger partial charge in [0.1, 0.15) is 17.7 Å². The van der Waals surface area contributed by atoms with Crippen LogP contribution in [0.2, 0.25) is 0 Å². The molecule has 0 bridgehead atoms. The van der Waals surface area contributed by atoms with E-state index in [0.29, 0.717) is 0 Å². The van der Waals surface area contributed by atoms with Crippen molar-refractivity contribution in [3.8, 4) is 12.3 Å². The molecule has 0 aromatic carbocycles. The van der Waals surface area contributed by atoms with Crippen LogP contribution in [0.3, 0.4) is 0 Å². The van der Waals surface area contributed by atoms with Crippen molar-refractivity contribution in [3.05, 3.63) is 0 Å². The van der Waals surface area contributed by atoms with E-state index in [9.17, 15) is 19.2 Å². The lowest BCUT2D eigenvalue weighted by atomic mass is 10.1. The summed E-state index contributed by atoms with van der Waals surface area (Å²) in [6, 6.07) is -2.20. The highest BCUT2D eigenvalue weighted by Crippen LogP contribution is 2.08. The van der Waals surface area contributed by atoms with Gasteiger partial charge in [-0.3, -0.25) is 9.59 Å². The maximum atomic E-state index is 12.4. The van der Waals surface area contributed by atoms with Crippen LogP contribution < -0.4 is 10.6 Å². The Hall–Kier alpha value is -2.76. The third kappa shape index (κ3) is 9.52. The lowest BCUT2D eigenvalue weighted by Crippen LogP contribution is -2.52. The minimum absolute atomic E-state index is 0.0539. The fourth-order valence-electron chi connectivity index (χ4n) is 1.81. The van der Waals surface area contributed by atoms with Gasteiger partial charge in [0.05, 0.1) is 14.2 Å². The van der Waals surface area contributed by atoms with Crippen molar-refractivity contribution in [1.29, 1.82) is 0 Å². The highest BCUT2D eigenvalue weighted by Gasteiger charge is 2.29. The van der Waals surface area contributed by atoms with Crippen LogP contribution >= 0.6 is 0 Å². The zero-order chi connectivity index (χ0) is 20.3. The van der Waals surface area contributed by atoms with Gasteiger partial charge in [0, 0.05) is 12.8 Å². The molecule has 0 radical (unpaired) electrons. The summed E-state index contributed by atoms with van der Waals surface area (Å²) >= 11 is 0. The molecular weight excluding hydrogens is 344 g/mol. The van der Waals surface area contributed by atoms with Crippen molar-refractivity contribution < 1.29 is 33.4 Å². The Morgan fingerprint density at radius 1 is 1.04 bits per heavy atom. The first-order valence-corrected chi connectivity index (χ1v) is 7.92. The third-order valence-corrected chi connectivity index (χ3v) is 3.00. The van der Waals surface area contributed by atoms with Gasteiger partial charge in [-0.15, -0.1) is 12.3 Å². The maximum Gasteiger partial charge on any atom is 0.408 e. The van der Waals surface area contributed by atoms with Crippen LogP contribution in [0.25, 0.3) is 0 Å². The molecule has 0 fully saturated rings. The highest BCUT2D eigenvalue weighted by atomic mass is 16.6. The zero-order valence-electron chi connectivity index (χ0n) is 15.7. The number of carbonyl (C=O) groups is 4. The van der Waals surface area contributed by atoms with E-state index in [-0.39, 0.29) is 19.3 Å². The number of methoxy groups -OCH3 is 2. The number of rotatable bonds is 8. The number of nitrogens with one attached hydrogen (secondary N) is 2. The summed E-state index contributed by atoms with van der Waals surface area (Å²) in [5, 5.41) is 4.77. The van der Waals surface area contributed by atoms with Crippen molar-refractivity contribution in [3.63, 3.8) is 0 Å². The number of carbonyl (C=O) groups excluding carboxylic acids is 4. The van der Waals surface area contributed by atoms with Gasteiger partial charge in [0.2, 0.25) is 5.91 Å². The van der Waals surface area contributed by atoms with E-state index in [2.05, 4.69) is 26.0 Å². The van der Waals surface area contributed by atoms with Crippen molar-refractivity contribution >= 4 is 23.9 Å². The Morgan fingerprint density at radius 3 is 2.12 bits per heavy atom. The minimum atomic E-state index is -1.13. The standard InChI is InChI=1S/C17H26N2O7/c1-7-8-12(15(22)25-6)18-14(21)11(9-10-13(20)24-5)19-16(23)26-17(2,3)4/h1,11-12H,8-10H2,2-6H3,(H,18,21)(H,19,23)/t11-,12-/m0/s1. The van der Waals surface area contributed by atoms with Crippen LogP contribution in [-0.2, 0) is 28.6 Å². The number of esters is 2. The summed E-state index contributed by atoms with van der Waals surface area (Å²) in [6.45, 7) is 4.99. The van der Waals surface area contributed by atoms with Crippen molar-refractivity contribution in [2.75, 3.05) is 14.2 Å². The Kier molecular flexibility index (Phi) is 9.81. The number of terminal acetylenes is 1. The smallest absolute Gasteiger partial charge is 0.408 e. The van der Waals surface area contributed by atoms with Crippen molar-refractivity contribution in [2.45, 2.75) is 57.7 Å². The molecule has 26 heavy (non-hydrogen) atoms. The first-order chi connectivity index (χ1) is 12.0. The highest BCUT2D eigenvalue weighted by molar-refractivity contribution is 5.90. The molecule has 0 aromatic rings. The molecule has 2 atom stereocenters. The molecule has 2 amide bonds. The maximum absolute atomic E-state index is 12.4. The quantitative estimate of drug-likeness (QED) is 0.363. The fourth-order valence-corrected chi connectivity index (χ4v) is 1.81. The van der Waals surface area contributed by atoms with E-state index >= 15 is 0 Å². The summed E-state index contributed by atoms with van der Waals surface area (Å²) in [5.41, 5.74) is -0.772. The van der Waals surface area contributed by atoms with Crippen LogP contribution in [0.15, 0.2) is 0 Å². The largest absolute Gasteiger partial charge is 0.469 e. The van der Waals surface area contributed by atoms with Crippen LogP contribution in [0.1, 0.15) is 40.0 Å². The van der Waals surface area contributed by atoms with Gasteiger partial charge in [0.15, 0.2) is 0 Å². The second-order valence-corrected chi connectivity index (χ2v) is 6.31. The molecule has 0 aromatic heterocycles. The summed E-state index contributed by atoms with van der Waals surface area (Å²) in [4.78, 5) is 47.4. The van der Waals surface area contributed by atoms with Crippen LogP contribution in [-0.4, -0.2) is 55.8 Å². The van der Waals surface area contributed by atoms with E-state index < -0.39 is 41.6 Å².